The summed E-state index contributed by atoms with van der Waals surface area (Å²) in [5, 5.41) is 20.0. The summed E-state index contributed by atoms with van der Waals surface area (Å²) in [4.78, 5) is 0. The lowest BCUT2D eigenvalue weighted by atomic mass is 9.80. The summed E-state index contributed by atoms with van der Waals surface area (Å²) in [5.41, 5.74) is 1.64. The van der Waals surface area contributed by atoms with E-state index in [0.717, 1.165) is 10.9 Å². The molecule has 2 rings (SSSR count). The van der Waals surface area contributed by atoms with Crippen molar-refractivity contribution >= 4 is 31.7 Å². The van der Waals surface area contributed by atoms with Gasteiger partial charge in [0, 0.05) is 5.52 Å². The largest absolute Gasteiger partial charge is 0.488 e. The van der Waals surface area contributed by atoms with Crippen molar-refractivity contribution in [2.45, 2.75) is 38.9 Å². The number of benzene rings is 1. The van der Waals surface area contributed by atoms with Crippen molar-refractivity contribution in [1.82, 2.24) is 4.23 Å². The van der Waals surface area contributed by atoms with Crippen molar-refractivity contribution in [3.63, 3.8) is 0 Å². The maximum absolute atomic E-state index is 9.33. The van der Waals surface area contributed by atoms with Crippen LogP contribution in [0.2, 0.25) is 18.1 Å². The van der Waals surface area contributed by atoms with E-state index >= 15 is 0 Å². The summed E-state index contributed by atoms with van der Waals surface area (Å²) in [6.45, 7) is 11.5. The van der Waals surface area contributed by atoms with Gasteiger partial charge in [0.1, 0.15) is 0 Å². The van der Waals surface area contributed by atoms with Gasteiger partial charge in [-0.15, -0.1) is 0 Å². The molecule has 0 bridgehead atoms. The van der Waals surface area contributed by atoms with Crippen LogP contribution in [0.3, 0.4) is 0 Å². The van der Waals surface area contributed by atoms with E-state index in [9.17, 15) is 10.0 Å². The predicted molar refractivity (Wildman–Crippen MR) is 84.4 cm³/mol. The van der Waals surface area contributed by atoms with Crippen molar-refractivity contribution < 1.29 is 10.0 Å². The van der Waals surface area contributed by atoms with E-state index in [1.165, 1.54) is 0 Å². The van der Waals surface area contributed by atoms with E-state index in [4.69, 9.17) is 0 Å². The van der Waals surface area contributed by atoms with Crippen LogP contribution in [0.25, 0.3) is 10.9 Å². The highest BCUT2D eigenvalue weighted by Gasteiger charge is 2.38. The minimum absolute atomic E-state index is 0.229. The normalized spacial score (nSPS) is 13.0. The Bertz CT molecular complexity index is 599. The van der Waals surface area contributed by atoms with Crippen molar-refractivity contribution in [2.24, 2.45) is 0 Å². The number of fused-ring (bicyclic) bond motifs is 1. The molecule has 0 saturated carbocycles. The quantitative estimate of drug-likeness (QED) is 0.825. The second-order valence-corrected chi connectivity index (χ2v) is 11.8. The van der Waals surface area contributed by atoms with E-state index < -0.39 is 15.4 Å². The molecule has 0 aliphatic rings. The third-order valence-corrected chi connectivity index (χ3v) is 9.72. The summed E-state index contributed by atoms with van der Waals surface area (Å²) >= 11 is 0. The first-order valence-electron chi connectivity index (χ1n) is 6.62. The van der Waals surface area contributed by atoms with Crippen LogP contribution in [0.4, 0.5) is 0 Å². The molecule has 0 atom stereocenters. The number of aromatic nitrogens is 1. The summed E-state index contributed by atoms with van der Waals surface area (Å²) in [6.07, 6.45) is 2.13. The molecular formula is C14H22BNO2Si. The first kappa shape index (κ1) is 14.4. The summed E-state index contributed by atoms with van der Waals surface area (Å²) in [5.74, 6) is 0. The Morgan fingerprint density at radius 3 is 2.26 bits per heavy atom. The fraction of sp³-hybridized carbons (Fsp3) is 0.429. The molecular weight excluding hydrogens is 253 g/mol. The molecule has 1 aromatic heterocycles. The summed E-state index contributed by atoms with van der Waals surface area (Å²) < 4.78 is 2.36. The van der Waals surface area contributed by atoms with Crippen LogP contribution in [0.1, 0.15) is 20.8 Å². The van der Waals surface area contributed by atoms with E-state index in [2.05, 4.69) is 50.4 Å². The Hall–Kier alpha value is -1.04. The zero-order valence-electron chi connectivity index (χ0n) is 12.3. The van der Waals surface area contributed by atoms with Gasteiger partial charge in [-0.3, -0.25) is 0 Å². The van der Waals surface area contributed by atoms with Crippen LogP contribution >= 0.6 is 0 Å². The van der Waals surface area contributed by atoms with Crippen LogP contribution < -0.4 is 5.46 Å². The lowest BCUT2D eigenvalue weighted by Crippen LogP contribution is -2.45. The van der Waals surface area contributed by atoms with Crippen molar-refractivity contribution in [3.8, 4) is 0 Å². The molecule has 0 amide bonds. The zero-order chi connectivity index (χ0) is 14.4. The molecule has 0 fully saturated rings. The second kappa shape index (κ2) is 4.51. The van der Waals surface area contributed by atoms with Gasteiger partial charge >= 0.3 is 7.12 Å². The number of rotatable bonds is 2. The summed E-state index contributed by atoms with van der Waals surface area (Å²) in [7, 11) is -3.11. The Morgan fingerprint density at radius 1 is 1.11 bits per heavy atom. The zero-order valence-corrected chi connectivity index (χ0v) is 13.3. The van der Waals surface area contributed by atoms with Gasteiger partial charge in [0.15, 0.2) is 8.24 Å². The van der Waals surface area contributed by atoms with Gasteiger partial charge < -0.3 is 14.3 Å². The van der Waals surface area contributed by atoms with Gasteiger partial charge in [-0.25, -0.2) is 0 Å². The van der Waals surface area contributed by atoms with E-state index in [0.29, 0.717) is 5.46 Å². The number of nitrogens with zero attached hydrogens (tertiary/aromatic N) is 1. The van der Waals surface area contributed by atoms with Crippen LogP contribution in [0, 0.1) is 0 Å². The monoisotopic (exact) mass is 275 g/mol. The van der Waals surface area contributed by atoms with Crippen LogP contribution in [-0.4, -0.2) is 29.6 Å². The molecule has 0 radical (unpaired) electrons. The third-order valence-electron chi connectivity index (χ3n) is 4.45. The highest BCUT2D eigenvalue weighted by molar-refractivity contribution is 6.79. The standard InChI is InChI=1S/C14H22BNO2Si/c1-14(2,3)19(4,5)16-9-8-11-6-7-12(15(17)18)10-13(11)16/h6-10,17-18H,1-5H3. The second-order valence-electron chi connectivity index (χ2n) is 6.69. The Labute approximate surface area is 116 Å². The molecule has 0 saturated heterocycles. The van der Waals surface area contributed by atoms with Crippen molar-refractivity contribution in [3.05, 3.63) is 30.5 Å². The maximum Gasteiger partial charge on any atom is 0.488 e. The fourth-order valence-electron chi connectivity index (χ4n) is 2.15. The lowest BCUT2D eigenvalue weighted by molar-refractivity contribution is 0.426. The van der Waals surface area contributed by atoms with Gasteiger partial charge in [0.05, 0.1) is 0 Å². The minimum atomic E-state index is -1.70. The first-order chi connectivity index (χ1) is 8.64. The SMILES string of the molecule is CC(C)(C)[Si](C)(C)n1ccc2ccc(B(O)O)cc21. The lowest BCUT2D eigenvalue weighted by Gasteiger charge is -2.38. The smallest absolute Gasteiger partial charge is 0.423 e. The molecule has 0 aliphatic heterocycles. The maximum atomic E-state index is 9.33. The molecule has 102 valence electrons. The van der Waals surface area contributed by atoms with E-state index in [1.54, 1.807) is 6.07 Å². The summed E-state index contributed by atoms with van der Waals surface area (Å²) in [6, 6.07) is 7.71. The molecule has 0 aliphatic carbocycles. The predicted octanol–water partition coefficient (Wildman–Crippen LogP) is 2.17. The molecule has 0 unspecified atom stereocenters. The molecule has 2 N–H and O–H groups in total. The van der Waals surface area contributed by atoms with Gasteiger partial charge in [-0.1, -0.05) is 46.0 Å². The third kappa shape index (κ3) is 2.38. The fourth-order valence-corrected chi connectivity index (χ4v) is 4.12. The molecule has 1 aromatic carbocycles. The van der Waals surface area contributed by atoms with Gasteiger partial charge in [0.2, 0.25) is 0 Å². The first-order valence-corrected chi connectivity index (χ1v) is 9.57. The van der Waals surface area contributed by atoms with E-state index in [1.807, 2.05) is 12.1 Å². The Morgan fingerprint density at radius 2 is 1.74 bits per heavy atom. The number of hydrogen-bond donors (Lipinski definition) is 2. The van der Waals surface area contributed by atoms with Gasteiger partial charge in [0.25, 0.3) is 0 Å². The van der Waals surface area contributed by atoms with E-state index in [-0.39, 0.29) is 5.04 Å². The molecule has 5 heteroatoms. The highest BCUT2D eigenvalue weighted by atomic mass is 28.3. The van der Waals surface area contributed by atoms with Crippen LogP contribution in [0.15, 0.2) is 30.5 Å². The molecule has 3 nitrogen and oxygen atoms in total. The van der Waals surface area contributed by atoms with Gasteiger partial charge in [-0.2, -0.15) is 0 Å². The highest BCUT2D eigenvalue weighted by Crippen LogP contribution is 2.38. The Balaban J connectivity index is 2.65. The Kier molecular flexibility index (Phi) is 3.41. The molecule has 0 spiro atoms. The minimum Gasteiger partial charge on any atom is -0.423 e. The van der Waals surface area contributed by atoms with Crippen LogP contribution in [-0.2, 0) is 0 Å². The topological polar surface area (TPSA) is 45.4 Å². The van der Waals surface area contributed by atoms with Crippen LogP contribution in [0.5, 0.6) is 0 Å². The average molecular weight is 275 g/mol. The van der Waals surface area contributed by atoms with Gasteiger partial charge in [-0.05, 0) is 34.2 Å². The molecule has 1 heterocycles. The average Bonchev–Trinajstić information content (AvgIpc) is 2.70. The molecule has 19 heavy (non-hydrogen) atoms. The van der Waals surface area contributed by atoms with Crippen molar-refractivity contribution in [1.29, 1.82) is 0 Å². The number of hydrogen-bond acceptors (Lipinski definition) is 2. The van der Waals surface area contributed by atoms with Crippen molar-refractivity contribution in [2.75, 3.05) is 0 Å². The molecule has 2 aromatic rings.